The van der Waals surface area contributed by atoms with Gasteiger partial charge in [0.05, 0.1) is 20.4 Å². The number of methoxy groups -OCH3 is 2. The summed E-state index contributed by atoms with van der Waals surface area (Å²) in [5, 5.41) is 0. The Morgan fingerprint density at radius 2 is 1.95 bits per heavy atom. The van der Waals surface area contributed by atoms with E-state index in [1.165, 1.54) is 26.5 Å². The van der Waals surface area contributed by atoms with E-state index in [4.69, 9.17) is 15.2 Å². The number of carbonyl (C=O) groups is 1. The van der Waals surface area contributed by atoms with E-state index in [-0.39, 0.29) is 5.69 Å². The second-order valence-electron chi connectivity index (χ2n) is 3.88. The molecule has 0 amide bonds. The van der Waals surface area contributed by atoms with E-state index in [1.54, 1.807) is 24.3 Å². The SMILES string of the molecule is COC(=O)c1ccc(Oc2ccc(N)cc2OC)cn1. The molecule has 2 rings (SSSR count). The van der Waals surface area contributed by atoms with Gasteiger partial charge in [0.15, 0.2) is 11.5 Å². The van der Waals surface area contributed by atoms with Crippen molar-refractivity contribution in [2.45, 2.75) is 0 Å². The first-order valence-corrected chi connectivity index (χ1v) is 5.79. The average molecular weight is 274 g/mol. The van der Waals surface area contributed by atoms with Gasteiger partial charge in [-0.25, -0.2) is 9.78 Å². The summed E-state index contributed by atoms with van der Waals surface area (Å²) in [6, 6.07) is 8.20. The minimum atomic E-state index is -0.499. The van der Waals surface area contributed by atoms with E-state index < -0.39 is 5.97 Å². The molecule has 1 aromatic heterocycles. The molecule has 0 atom stereocenters. The number of carbonyl (C=O) groups excluding carboxylic acids is 1. The highest BCUT2D eigenvalue weighted by Gasteiger charge is 2.09. The molecule has 0 spiro atoms. The molecule has 1 aromatic carbocycles. The normalized spacial score (nSPS) is 9.90. The highest BCUT2D eigenvalue weighted by molar-refractivity contribution is 5.87. The summed E-state index contributed by atoms with van der Waals surface area (Å²) in [6.07, 6.45) is 1.43. The van der Waals surface area contributed by atoms with Gasteiger partial charge in [-0.3, -0.25) is 0 Å². The van der Waals surface area contributed by atoms with Gasteiger partial charge in [-0.15, -0.1) is 0 Å². The number of rotatable bonds is 4. The maximum atomic E-state index is 11.3. The van der Waals surface area contributed by atoms with Crippen molar-refractivity contribution < 1.29 is 19.0 Å². The number of hydrogen-bond acceptors (Lipinski definition) is 6. The van der Waals surface area contributed by atoms with E-state index in [9.17, 15) is 4.79 Å². The van der Waals surface area contributed by atoms with Gasteiger partial charge < -0.3 is 19.9 Å². The fourth-order valence-electron chi connectivity index (χ4n) is 1.56. The van der Waals surface area contributed by atoms with Crippen LogP contribution in [-0.4, -0.2) is 25.2 Å². The van der Waals surface area contributed by atoms with Crippen molar-refractivity contribution >= 4 is 11.7 Å². The standard InChI is InChI=1S/C14H14N2O4/c1-18-13-7-9(15)3-6-12(13)20-10-4-5-11(16-8-10)14(17)19-2/h3-8H,15H2,1-2H3. The van der Waals surface area contributed by atoms with Crippen LogP contribution in [0.4, 0.5) is 5.69 Å². The quantitative estimate of drug-likeness (QED) is 0.680. The van der Waals surface area contributed by atoms with Crippen molar-refractivity contribution in [3.63, 3.8) is 0 Å². The molecule has 0 aliphatic rings. The summed E-state index contributed by atoms with van der Waals surface area (Å²) < 4.78 is 15.4. The van der Waals surface area contributed by atoms with Crippen molar-refractivity contribution in [1.82, 2.24) is 4.98 Å². The molecule has 104 valence electrons. The third-order valence-electron chi connectivity index (χ3n) is 2.55. The van der Waals surface area contributed by atoms with Gasteiger partial charge in [0.1, 0.15) is 11.4 Å². The largest absolute Gasteiger partial charge is 0.493 e. The lowest BCUT2D eigenvalue weighted by Crippen LogP contribution is -2.03. The molecule has 0 saturated carbocycles. The number of ether oxygens (including phenoxy) is 3. The average Bonchev–Trinajstić information content (AvgIpc) is 2.49. The Balaban J connectivity index is 2.20. The molecule has 0 aliphatic heterocycles. The summed E-state index contributed by atoms with van der Waals surface area (Å²) in [4.78, 5) is 15.2. The molecular formula is C14H14N2O4. The number of anilines is 1. The molecule has 1 heterocycles. The van der Waals surface area contributed by atoms with Gasteiger partial charge in [0, 0.05) is 11.8 Å². The van der Waals surface area contributed by atoms with Gasteiger partial charge in [-0.2, -0.15) is 0 Å². The predicted octanol–water partition coefficient (Wildman–Crippen LogP) is 2.25. The van der Waals surface area contributed by atoms with Crippen molar-refractivity contribution in [1.29, 1.82) is 0 Å². The summed E-state index contributed by atoms with van der Waals surface area (Å²) in [6.45, 7) is 0. The Labute approximate surface area is 116 Å². The zero-order valence-electron chi connectivity index (χ0n) is 11.1. The lowest BCUT2D eigenvalue weighted by atomic mass is 10.3. The monoisotopic (exact) mass is 274 g/mol. The first-order chi connectivity index (χ1) is 9.63. The van der Waals surface area contributed by atoms with Crippen LogP contribution in [0.2, 0.25) is 0 Å². The molecule has 0 aliphatic carbocycles. The molecular weight excluding hydrogens is 260 g/mol. The number of nitrogens with zero attached hydrogens (tertiary/aromatic N) is 1. The van der Waals surface area contributed by atoms with Crippen LogP contribution in [0.5, 0.6) is 17.2 Å². The van der Waals surface area contributed by atoms with E-state index in [0.717, 1.165) is 0 Å². The van der Waals surface area contributed by atoms with Crippen LogP contribution in [-0.2, 0) is 4.74 Å². The van der Waals surface area contributed by atoms with Crippen LogP contribution in [0, 0.1) is 0 Å². The van der Waals surface area contributed by atoms with Gasteiger partial charge in [0.2, 0.25) is 0 Å². The highest BCUT2D eigenvalue weighted by atomic mass is 16.5. The summed E-state index contributed by atoms with van der Waals surface area (Å²) >= 11 is 0. The lowest BCUT2D eigenvalue weighted by molar-refractivity contribution is 0.0594. The number of benzene rings is 1. The van der Waals surface area contributed by atoms with Gasteiger partial charge >= 0.3 is 5.97 Å². The molecule has 20 heavy (non-hydrogen) atoms. The number of nitrogen functional groups attached to an aromatic ring is 1. The van der Waals surface area contributed by atoms with E-state index in [0.29, 0.717) is 22.9 Å². The van der Waals surface area contributed by atoms with Crippen LogP contribution in [0.3, 0.4) is 0 Å². The number of nitrogens with two attached hydrogens (primary N) is 1. The van der Waals surface area contributed by atoms with Crippen molar-refractivity contribution in [2.24, 2.45) is 0 Å². The van der Waals surface area contributed by atoms with Crippen LogP contribution in [0.1, 0.15) is 10.5 Å². The van der Waals surface area contributed by atoms with Gasteiger partial charge in [0.25, 0.3) is 0 Å². The fourth-order valence-corrected chi connectivity index (χ4v) is 1.56. The van der Waals surface area contributed by atoms with Crippen LogP contribution < -0.4 is 15.2 Å². The third-order valence-corrected chi connectivity index (χ3v) is 2.55. The first kappa shape index (κ1) is 13.7. The Morgan fingerprint density at radius 3 is 2.55 bits per heavy atom. The molecule has 6 heteroatoms. The highest BCUT2D eigenvalue weighted by Crippen LogP contribution is 2.32. The molecule has 0 radical (unpaired) electrons. The minimum Gasteiger partial charge on any atom is -0.493 e. The maximum absolute atomic E-state index is 11.3. The minimum absolute atomic E-state index is 0.212. The van der Waals surface area contributed by atoms with Crippen molar-refractivity contribution in [2.75, 3.05) is 20.0 Å². The van der Waals surface area contributed by atoms with Crippen molar-refractivity contribution in [3.05, 3.63) is 42.2 Å². The number of esters is 1. The van der Waals surface area contributed by atoms with E-state index in [2.05, 4.69) is 9.72 Å². The summed E-state index contributed by atoms with van der Waals surface area (Å²) in [7, 11) is 2.83. The Bertz CT molecular complexity index is 611. The van der Waals surface area contributed by atoms with Crippen LogP contribution in [0.25, 0.3) is 0 Å². The number of hydrogen-bond donors (Lipinski definition) is 1. The van der Waals surface area contributed by atoms with Gasteiger partial charge in [-0.05, 0) is 24.3 Å². The zero-order valence-corrected chi connectivity index (χ0v) is 11.1. The zero-order chi connectivity index (χ0) is 14.5. The van der Waals surface area contributed by atoms with E-state index in [1.807, 2.05) is 0 Å². The molecule has 0 bridgehead atoms. The van der Waals surface area contributed by atoms with Crippen LogP contribution in [0.15, 0.2) is 36.5 Å². The second-order valence-corrected chi connectivity index (χ2v) is 3.88. The topological polar surface area (TPSA) is 83.7 Å². The Hall–Kier alpha value is -2.76. The predicted molar refractivity (Wildman–Crippen MR) is 73.1 cm³/mol. The first-order valence-electron chi connectivity index (χ1n) is 5.79. The number of pyridine rings is 1. The molecule has 0 saturated heterocycles. The van der Waals surface area contributed by atoms with Crippen molar-refractivity contribution in [3.8, 4) is 17.2 Å². The van der Waals surface area contributed by atoms with Crippen LogP contribution >= 0.6 is 0 Å². The summed E-state index contributed by atoms with van der Waals surface area (Å²) in [5.41, 5.74) is 6.45. The lowest BCUT2D eigenvalue weighted by Gasteiger charge is -2.10. The molecule has 2 N–H and O–H groups in total. The summed E-state index contributed by atoms with van der Waals surface area (Å²) in [5.74, 6) is 0.999. The van der Waals surface area contributed by atoms with E-state index >= 15 is 0 Å². The molecule has 0 unspecified atom stereocenters. The molecule has 2 aromatic rings. The second kappa shape index (κ2) is 5.92. The Kier molecular flexibility index (Phi) is 4.05. The number of aromatic nitrogens is 1. The molecule has 0 fully saturated rings. The smallest absolute Gasteiger partial charge is 0.356 e. The molecule has 6 nitrogen and oxygen atoms in total. The maximum Gasteiger partial charge on any atom is 0.356 e. The fraction of sp³-hybridized carbons (Fsp3) is 0.143. The Morgan fingerprint density at radius 1 is 1.15 bits per heavy atom. The van der Waals surface area contributed by atoms with Gasteiger partial charge in [-0.1, -0.05) is 0 Å². The third kappa shape index (κ3) is 2.97.